The lowest BCUT2D eigenvalue weighted by Gasteiger charge is -2.42. The highest BCUT2D eigenvalue weighted by molar-refractivity contribution is 5.12. The highest BCUT2D eigenvalue weighted by atomic mass is 16.7. The minimum Gasteiger partial charge on any atom is -0.394 e. The summed E-state index contributed by atoms with van der Waals surface area (Å²) in [4.78, 5) is 0. The molecule has 7 nitrogen and oxygen atoms in total. The van der Waals surface area contributed by atoms with E-state index in [0.717, 1.165) is 12.0 Å². The monoisotopic (exact) mass is 332 g/mol. The molecular weight excluding hydrogens is 304 g/mol. The first-order valence-electron chi connectivity index (χ1n) is 8.00. The minimum absolute atomic E-state index is 0.00101. The summed E-state index contributed by atoms with van der Waals surface area (Å²) in [5, 5.41) is 49.1. The quantitative estimate of drug-likeness (QED) is 0.432. The Morgan fingerprint density at radius 2 is 1.87 bits per heavy atom. The van der Waals surface area contributed by atoms with E-state index < -0.39 is 42.9 Å². The van der Waals surface area contributed by atoms with Gasteiger partial charge < -0.3 is 35.0 Å². The molecule has 5 N–H and O–H groups in total. The van der Waals surface area contributed by atoms with Crippen LogP contribution in [0.25, 0.3) is 0 Å². The van der Waals surface area contributed by atoms with Gasteiger partial charge in [-0.2, -0.15) is 0 Å². The number of rotatable bonds is 4. The number of allylic oxidation sites excluding steroid dienone is 1. The molecule has 1 saturated heterocycles. The molecule has 7 heteroatoms. The molecule has 23 heavy (non-hydrogen) atoms. The Labute approximate surface area is 136 Å². The number of aliphatic hydroxyl groups is 5. The van der Waals surface area contributed by atoms with Gasteiger partial charge in [0.2, 0.25) is 0 Å². The number of hydrogen-bond donors (Lipinski definition) is 5. The van der Waals surface area contributed by atoms with Crippen molar-refractivity contribution in [1.29, 1.82) is 0 Å². The van der Waals surface area contributed by atoms with Crippen molar-refractivity contribution in [1.82, 2.24) is 0 Å². The lowest BCUT2D eigenvalue weighted by molar-refractivity contribution is -0.310. The van der Waals surface area contributed by atoms with E-state index in [1.807, 2.05) is 13.0 Å². The molecule has 1 aliphatic carbocycles. The Balaban J connectivity index is 2.07. The first kappa shape index (κ1) is 18.8. The molecule has 2 aliphatic rings. The zero-order chi connectivity index (χ0) is 17.4. The maximum Gasteiger partial charge on any atom is 0.187 e. The Morgan fingerprint density at radius 3 is 2.43 bits per heavy atom. The van der Waals surface area contributed by atoms with Gasteiger partial charge in [0, 0.05) is 0 Å². The van der Waals surface area contributed by atoms with Crippen molar-refractivity contribution in [3.05, 3.63) is 11.6 Å². The third-order valence-electron chi connectivity index (χ3n) is 4.88. The fourth-order valence-corrected chi connectivity index (χ4v) is 3.08. The second-order valence-corrected chi connectivity index (χ2v) is 7.09. The third-order valence-corrected chi connectivity index (χ3v) is 4.88. The van der Waals surface area contributed by atoms with Gasteiger partial charge in [-0.1, -0.05) is 6.08 Å². The van der Waals surface area contributed by atoms with Gasteiger partial charge in [-0.15, -0.1) is 0 Å². The molecule has 0 spiro atoms. The van der Waals surface area contributed by atoms with E-state index in [0.29, 0.717) is 6.42 Å². The molecule has 0 aromatic rings. The van der Waals surface area contributed by atoms with Gasteiger partial charge in [-0.3, -0.25) is 0 Å². The average Bonchev–Trinajstić information content (AvgIpc) is 2.48. The number of aliphatic hydroxyl groups excluding tert-OH is 4. The van der Waals surface area contributed by atoms with Gasteiger partial charge in [0.25, 0.3) is 0 Å². The fourth-order valence-electron chi connectivity index (χ4n) is 3.08. The van der Waals surface area contributed by atoms with Crippen LogP contribution in [-0.2, 0) is 9.47 Å². The molecule has 0 saturated carbocycles. The Kier molecular flexibility index (Phi) is 5.84. The van der Waals surface area contributed by atoms with Crippen molar-refractivity contribution in [2.24, 2.45) is 5.92 Å². The molecule has 7 unspecified atom stereocenters. The van der Waals surface area contributed by atoms with Crippen molar-refractivity contribution in [2.45, 2.75) is 76.0 Å². The zero-order valence-corrected chi connectivity index (χ0v) is 13.8. The topological polar surface area (TPSA) is 120 Å². The highest BCUT2D eigenvalue weighted by Gasteiger charge is 2.45. The van der Waals surface area contributed by atoms with Crippen molar-refractivity contribution in [3.8, 4) is 0 Å². The van der Waals surface area contributed by atoms with Crippen LogP contribution < -0.4 is 0 Å². The molecule has 2 rings (SSSR count). The molecule has 1 aliphatic heterocycles. The summed E-state index contributed by atoms with van der Waals surface area (Å²) >= 11 is 0. The van der Waals surface area contributed by atoms with Crippen LogP contribution in [0, 0.1) is 5.92 Å². The largest absolute Gasteiger partial charge is 0.394 e. The lowest BCUT2D eigenvalue weighted by Crippen LogP contribution is -2.59. The summed E-state index contributed by atoms with van der Waals surface area (Å²) < 4.78 is 11.2. The molecule has 134 valence electrons. The van der Waals surface area contributed by atoms with Gasteiger partial charge in [-0.25, -0.2) is 0 Å². The van der Waals surface area contributed by atoms with Gasteiger partial charge in [0.1, 0.15) is 24.4 Å². The fraction of sp³-hybridized carbons (Fsp3) is 0.875. The normalized spacial score (nSPS) is 42.4. The first-order valence-corrected chi connectivity index (χ1v) is 8.00. The van der Waals surface area contributed by atoms with Crippen LogP contribution in [0.5, 0.6) is 0 Å². The first-order chi connectivity index (χ1) is 10.6. The van der Waals surface area contributed by atoms with Crippen LogP contribution in [-0.4, -0.2) is 74.6 Å². The van der Waals surface area contributed by atoms with Crippen molar-refractivity contribution >= 4 is 0 Å². The molecule has 0 bridgehead atoms. The molecule has 0 aromatic heterocycles. The summed E-state index contributed by atoms with van der Waals surface area (Å²) in [6.07, 6.45) is -3.50. The van der Waals surface area contributed by atoms with Gasteiger partial charge >= 0.3 is 0 Å². The van der Waals surface area contributed by atoms with Crippen LogP contribution in [0.4, 0.5) is 0 Å². The molecule has 0 radical (unpaired) electrons. The summed E-state index contributed by atoms with van der Waals surface area (Å²) in [6, 6.07) is 0. The molecule has 1 fully saturated rings. The Bertz CT molecular complexity index is 429. The zero-order valence-electron chi connectivity index (χ0n) is 13.8. The number of hydrogen-bond acceptors (Lipinski definition) is 7. The van der Waals surface area contributed by atoms with E-state index in [4.69, 9.17) is 9.47 Å². The van der Waals surface area contributed by atoms with Crippen LogP contribution in [0.2, 0.25) is 0 Å². The SMILES string of the molecule is CC1=CCC(C(C)(C)O)CC1OC1OC(CO)C(O)C(O)C1O. The van der Waals surface area contributed by atoms with Crippen LogP contribution >= 0.6 is 0 Å². The number of ether oxygens (including phenoxy) is 2. The predicted molar refractivity (Wildman–Crippen MR) is 81.4 cm³/mol. The minimum atomic E-state index is -1.45. The van der Waals surface area contributed by atoms with Gasteiger partial charge in [0.15, 0.2) is 6.29 Å². The molecule has 0 aromatic carbocycles. The maximum atomic E-state index is 10.2. The highest BCUT2D eigenvalue weighted by Crippen LogP contribution is 2.35. The van der Waals surface area contributed by atoms with E-state index in [2.05, 4.69) is 0 Å². The van der Waals surface area contributed by atoms with E-state index >= 15 is 0 Å². The van der Waals surface area contributed by atoms with Crippen molar-refractivity contribution in [2.75, 3.05) is 6.61 Å². The van der Waals surface area contributed by atoms with E-state index in [-0.39, 0.29) is 12.0 Å². The summed E-state index contributed by atoms with van der Waals surface area (Å²) in [5.74, 6) is 0.00101. The summed E-state index contributed by atoms with van der Waals surface area (Å²) in [5.41, 5.74) is 0.108. The third kappa shape index (κ3) is 4.11. The Hall–Kier alpha value is -0.540. The van der Waals surface area contributed by atoms with Gasteiger partial charge in [0.05, 0.1) is 18.3 Å². The molecular formula is C16H28O7. The van der Waals surface area contributed by atoms with Gasteiger partial charge in [-0.05, 0) is 45.1 Å². The Morgan fingerprint density at radius 1 is 1.22 bits per heavy atom. The standard InChI is InChI=1S/C16H28O7/c1-8-4-5-9(16(2,3)21)6-10(8)22-15-14(20)13(19)12(18)11(7-17)23-15/h4,9-15,17-21H,5-7H2,1-3H3. The molecule has 1 heterocycles. The smallest absolute Gasteiger partial charge is 0.187 e. The average molecular weight is 332 g/mol. The molecule has 0 amide bonds. The van der Waals surface area contributed by atoms with E-state index in [9.17, 15) is 25.5 Å². The second-order valence-electron chi connectivity index (χ2n) is 7.09. The van der Waals surface area contributed by atoms with Crippen LogP contribution in [0.15, 0.2) is 11.6 Å². The summed E-state index contributed by atoms with van der Waals surface area (Å²) in [7, 11) is 0. The summed E-state index contributed by atoms with van der Waals surface area (Å²) in [6.45, 7) is 4.90. The lowest BCUT2D eigenvalue weighted by atomic mass is 9.78. The van der Waals surface area contributed by atoms with Crippen LogP contribution in [0.1, 0.15) is 33.6 Å². The van der Waals surface area contributed by atoms with E-state index in [1.165, 1.54) is 0 Å². The maximum absolute atomic E-state index is 10.2. The van der Waals surface area contributed by atoms with E-state index in [1.54, 1.807) is 13.8 Å². The second kappa shape index (κ2) is 7.14. The van der Waals surface area contributed by atoms with Crippen molar-refractivity contribution < 1.29 is 35.0 Å². The predicted octanol–water partition coefficient (Wildman–Crippen LogP) is -0.701. The van der Waals surface area contributed by atoms with Crippen molar-refractivity contribution in [3.63, 3.8) is 0 Å². The van der Waals surface area contributed by atoms with Crippen LogP contribution in [0.3, 0.4) is 0 Å². The molecule has 7 atom stereocenters.